The molecule has 0 atom stereocenters. The Balaban J connectivity index is 1.54. The number of nitrogens with zero attached hydrogens (tertiary/aromatic N) is 4. The van der Waals surface area contributed by atoms with E-state index in [1.165, 1.54) is 5.82 Å². The molecule has 0 unspecified atom stereocenters. The number of imidazole rings is 1. The molecule has 6 nitrogen and oxygen atoms in total. The van der Waals surface area contributed by atoms with E-state index in [2.05, 4.69) is 40.0 Å². The molecule has 4 rings (SSSR count). The Kier molecular flexibility index (Phi) is 3.95. The van der Waals surface area contributed by atoms with Gasteiger partial charge >= 0.3 is 0 Å². The molecule has 3 aromatic rings. The number of anilines is 2. The van der Waals surface area contributed by atoms with Gasteiger partial charge in [-0.1, -0.05) is 18.2 Å². The molecule has 25 heavy (non-hydrogen) atoms. The molecule has 1 aliphatic heterocycles. The zero-order chi connectivity index (χ0) is 17.4. The summed E-state index contributed by atoms with van der Waals surface area (Å²) in [7, 11) is 0. The van der Waals surface area contributed by atoms with Crippen LogP contribution in [0.4, 0.5) is 11.8 Å². The number of hydrogen-bond donors (Lipinski definition) is 2. The Morgan fingerprint density at radius 2 is 1.84 bits per heavy atom. The highest BCUT2D eigenvalue weighted by Gasteiger charge is 2.26. The molecule has 3 N–H and O–H groups in total. The van der Waals surface area contributed by atoms with Crippen LogP contribution in [0.15, 0.2) is 36.4 Å². The lowest BCUT2D eigenvalue weighted by atomic mass is 9.92. The lowest BCUT2D eigenvalue weighted by molar-refractivity contribution is 0.490. The maximum absolute atomic E-state index is 5.80. The third kappa shape index (κ3) is 2.99. The minimum Gasteiger partial charge on any atom is -0.369 e. The van der Waals surface area contributed by atoms with Crippen molar-refractivity contribution in [2.24, 2.45) is 0 Å². The molecule has 0 spiro atoms. The standard InChI is InChI=1S/C19H24N6/c1-13-12-17(25(23-13)16-6-4-3-5-7-16)24-10-8-15(9-11-24)18-14(2)21-19(20)22-18/h3-7,12,15H,8-11H2,1-2H3,(H3,20,21,22). The summed E-state index contributed by atoms with van der Waals surface area (Å²) in [6.07, 6.45) is 2.15. The van der Waals surface area contributed by atoms with Gasteiger partial charge in [-0.25, -0.2) is 9.67 Å². The van der Waals surface area contributed by atoms with E-state index < -0.39 is 0 Å². The van der Waals surface area contributed by atoms with Crippen LogP contribution in [0, 0.1) is 13.8 Å². The van der Waals surface area contributed by atoms with E-state index in [9.17, 15) is 0 Å². The summed E-state index contributed by atoms with van der Waals surface area (Å²) in [6.45, 7) is 6.09. The Morgan fingerprint density at radius 3 is 2.48 bits per heavy atom. The van der Waals surface area contributed by atoms with Gasteiger partial charge in [0, 0.05) is 30.8 Å². The van der Waals surface area contributed by atoms with E-state index in [4.69, 9.17) is 10.8 Å². The van der Waals surface area contributed by atoms with E-state index in [0.717, 1.165) is 48.7 Å². The first-order valence-corrected chi connectivity index (χ1v) is 8.81. The van der Waals surface area contributed by atoms with Crippen molar-refractivity contribution in [1.82, 2.24) is 19.7 Å². The molecule has 0 saturated carbocycles. The average Bonchev–Trinajstić information content (AvgIpc) is 3.18. The smallest absolute Gasteiger partial charge is 0.197 e. The second-order valence-electron chi connectivity index (χ2n) is 6.78. The molecule has 3 heterocycles. The summed E-state index contributed by atoms with van der Waals surface area (Å²) in [5.41, 5.74) is 10.2. The van der Waals surface area contributed by atoms with Crippen LogP contribution < -0.4 is 10.6 Å². The molecule has 0 aliphatic carbocycles. The number of rotatable bonds is 3. The van der Waals surface area contributed by atoms with Gasteiger partial charge in [-0.3, -0.25) is 0 Å². The van der Waals surface area contributed by atoms with Crippen LogP contribution >= 0.6 is 0 Å². The maximum atomic E-state index is 5.80. The molecule has 6 heteroatoms. The number of nitrogens with one attached hydrogen (secondary N) is 1. The van der Waals surface area contributed by atoms with Crippen LogP contribution in [-0.2, 0) is 0 Å². The quantitative estimate of drug-likeness (QED) is 0.770. The highest BCUT2D eigenvalue weighted by atomic mass is 15.4. The average molecular weight is 336 g/mol. The molecule has 0 radical (unpaired) electrons. The zero-order valence-electron chi connectivity index (χ0n) is 14.7. The third-order valence-corrected chi connectivity index (χ3v) is 4.96. The molecule has 0 amide bonds. The molecule has 1 fully saturated rings. The van der Waals surface area contributed by atoms with Crippen molar-refractivity contribution in [2.75, 3.05) is 23.7 Å². The number of piperidine rings is 1. The van der Waals surface area contributed by atoms with Crippen molar-refractivity contribution < 1.29 is 0 Å². The van der Waals surface area contributed by atoms with Crippen molar-refractivity contribution in [3.8, 4) is 5.69 Å². The number of aryl methyl sites for hydroxylation is 2. The van der Waals surface area contributed by atoms with E-state index in [-0.39, 0.29) is 0 Å². The first-order valence-electron chi connectivity index (χ1n) is 8.81. The van der Waals surface area contributed by atoms with Crippen molar-refractivity contribution >= 4 is 11.8 Å². The van der Waals surface area contributed by atoms with Gasteiger partial charge in [-0.2, -0.15) is 5.10 Å². The number of nitrogen functional groups attached to an aromatic ring is 1. The molecule has 1 saturated heterocycles. The number of benzene rings is 1. The third-order valence-electron chi connectivity index (χ3n) is 4.96. The first kappa shape index (κ1) is 15.7. The molecule has 2 aromatic heterocycles. The Bertz CT molecular complexity index is 855. The highest BCUT2D eigenvalue weighted by molar-refractivity contribution is 5.49. The summed E-state index contributed by atoms with van der Waals surface area (Å²) in [6, 6.07) is 12.5. The Labute approximate surface area is 147 Å². The van der Waals surface area contributed by atoms with Gasteiger partial charge in [0.25, 0.3) is 0 Å². The van der Waals surface area contributed by atoms with Crippen molar-refractivity contribution in [2.45, 2.75) is 32.6 Å². The predicted octanol–water partition coefficient (Wildman–Crippen LogP) is 3.18. The van der Waals surface area contributed by atoms with E-state index in [0.29, 0.717) is 11.9 Å². The summed E-state index contributed by atoms with van der Waals surface area (Å²) < 4.78 is 2.05. The summed E-state index contributed by atoms with van der Waals surface area (Å²) in [4.78, 5) is 10.0. The second-order valence-corrected chi connectivity index (χ2v) is 6.78. The SMILES string of the molecule is Cc1cc(N2CCC(c3nc(N)[nH]c3C)CC2)n(-c2ccccc2)n1. The number of aromatic amines is 1. The summed E-state index contributed by atoms with van der Waals surface area (Å²) in [5.74, 6) is 2.16. The first-order chi connectivity index (χ1) is 12.1. The molecular formula is C19H24N6. The van der Waals surface area contributed by atoms with Crippen molar-refractivity contribution in [3.63, 3.8) is 0 Å². The van der Waals surface area contributed by atoms with E-state index in [1.54, 1.807) is 0 Å². The molecule has 1 aliphatic rings. The van der Waals surface area contributed by atoms with E-state index >= 15 is 0 Å². The van der Waals surface area contributed by atoms with Crippen LogP contribution in [0.5, 0.6) is 0 Å². The predicted molar refractivity (Wildman–Crippen MR) is 100 cm³/mol. The van der Waals surface area contributed by atoms with Crippen LogP contribution in [0.25, 0.3) is 5.69 Å². The highest BCUT2D eigenvalue weighted by Crippen LogP contribution is 2.32. The topological polar surface area (TPSA) is 75.8 Å². The number of aromatic nitrogens is 4. The molecular weight excluding hydrogens is 312 g/mol. The fourth-order valence-electron chi connectivity index (χ4n) is 3.75. The summed E-state index contributed by atoms with van der Waals surface area (Å²) in [5, 5.41) is 4.69. The zero-order valence-corrected chi connectivity index (χ0v) is 14.7. The number of H-pyrrole nitrogens is 1. The second kappa shape index (κ2) is 6.27. The van der Waals surface area contributed by atoms with Crippen LogP contribution in [0.1, 0.15) is 35.8 Å². The van der Waals surface area contributed by atoms with Gasteiger partial charge in [-0.15, -0.1) is 0 Å². The largest absolute Gasteiger partial charge is 0.369 e. The number of para-hydroxylation sites is 1. The molecule has 1 aromatic carbocycles. The van der Waals surface area contributed by atoms with Crippen molar-refractivity contribution in [3.05, 3.63) is 53.5 Å². The van der Waals surface area contributed by atoms with Gasteiger partial charge in [-0.05, 0) is 38.8 Å². The van der Waals surface area contributed by atoms with Gasteiger partial charge in [0.2, 0.25) is 0 Å². The lowest BCUT2D eigenvalue weighted by Crippen LogP contribution is -2.34. The Hall–Kier alpha value is -2.76. The van der Waals surface area contributed by atoms with Gasteiger partial charge in [0.1, 0.15) is 5.82 Å². The van der Waals surface area contributed by atoms with Crippen LogP contribution in [-0.4, -0.2) is 32.8 Å². The van der Waals surface area contributed by atoms with Gasteiger partial charge < -0.3 is 15.6 Å². The normalized spacial score (nSPS) is 15.7. The summed E-state index contributed by atoms with van der Waals surface area (Å²) >= 11 is 0. The Morgan fingerprint density at radius 1 is 1.12 bits per heavy atom. The minimum atomic E-state index is 0.471. The van der Waals surface area contributed by atoms with Gasteiger partial charge in [0.05, 0.1) is 17.1 Å². The van der Waals surface area contributed by atoms with Crippen LogP contribution in [0.3, 0.4) is 0 Å². The molecule has 0 bridgehead atoms. The fraction of sp³-hybridized carbons (Fsp3) is 0.368. The number of nitrogens with two attached hydrogens (primary N) is 1. The van der Waals surface area contributed by atoms with Gasteiger partial charge in [0.15, 0.2) is 5.95 Å². The van der Waals surface area contributed by atoms with Crippen LogP contribution in [0.2, 0.25) is 0 Å². The monoisotopic (exact) mass is 336 g/mol. The maximum Gasteiger partial charge on any atom is 0.197 e. The molecule has 130 valence electrons. The van der Waals surface area contributed by atoms with Crippen molar-refractivity contribution in [1.29, 1.82) is 0 Å². The minimum absolute atomic E-state index is 0.471. The lowest BCUT2D eigenvalue weighted by Gasteiger charge is -2.33. The fourth-order valence-corrected chi connectivity index (χ4v) is 3.75. The number of hydrogen-bond acceptors (Lipinski definition) is 4. The van der Waals surface area contributed by atoms with E-state index in [1.807, 2.05) is 29.8 Å².